The van der Waals surface area contributed by atoms with Crippen LogP contribution in [0.15, 0.2) is 0 Å². The summed E-state index contributed by atoms with van der Waals surface area (Å²) in [7, 11) is 0. The fourth-order valence-electron chi connectivity index (χ4n) is 3.35. The van der Waals surface area contributed by atoms with Crippen LogP contribution in [0.4, 0.5) is 0 Å². The van der Waals surface area contributed by atoms with Crippen molar-refractivity contribution in [1.29, 1.82) is 0 Å². The van der Waals surface area contributed by atoms with Crippen molar-refractivity contribution < 1.29 is 0 Å². The molecule has 2 unspecified atom stereocenters. The maximum Gasteiger partial charge on any atom is 0.00682 e. The van der Waals surface area contributed by atoms with Gasteiger partial charge in [-0.25, -0.2) is 0 Å². The highest BCUT2D eigenvalue weighted by Crippen LogP contribution is 2.56. The first-order chi connectivity index (χ1) is 7.45. The van der Waals surface area contributed by atoms with Gasteiger partial charge in [-0.1, -0.05) is 6.42 Å². The van der Waals surface area contributed by atoms with Gasteiger partial charge >= 0.3 is 0 Å². The summed E-state index contributed by atoms with van der Waals surface area (Å²) < 4.78 is 0. The van der Waals surface area contributed by atoms with Gasteiger partial charge in [-0.05, 0) is 69.5 Å². The van der Waals surface area contributed by atoms with E-state index >= 15 is 0 Å². The largest absolute Gasteiger partial charge is 0.316 e. The predicted molar refractivity (Wildman–Crippen MR) is 62.8 cm³/mol. The Hall–Kier alpha value is -0.0800. The smallest absolute Gasteiger partial charge is 0.00682 e. The van der Waals surface area contributed by atoms with Crippen molar-refractivity contribution in [3.05, 3.63) is 0 Å². The van der Waals surface area contributed by atoms with E-state index in [-0.39, 0.29) is 0 Å². The highest BCUT2D eigenvalue weighted by Gasteiger charge is 2.51. The molecule has 0 bridgehead atoms. The summed E-state index contributed by atoms with van der Waals surface area (Å²) in [5.74, 6) is 3.32. The zero-order valence-electron chi connectivity index (χ0n) is 9.67. The fraction of sp³-hybridized carbons (Fsp3) is 1.00. The third-order valence-corrected chi connectivity index (χ3v) is 4.50. The second-order valence-corrected chi connectivity index (χ2v) is 5.71. The lowest BCUT2D eigenvalue weighted by Gasteiger charge is -2.06. The molecule has 0 aliphatic heterocycles. The summed E-state index contributed by atoms with van der Waals surface area (Å²) >= 11 is 0. The maximum atomic E-state index is 3.63. The number of fused-ring (bicyclic) bond motifs is 1. The molecule has 3 rings (SSSR count). The van der Waals surface area contributed by atoms with Gasteiger partial charge in [-0.3, -0.25) is 0 Å². The van der Waals surface area contributed by atoms with Crippen molar-refractivity contribution >= 4 is 0 Å². The van der Waals surface area contributed by atoms with E-state index in [1.807, 2.05) is 0 Å². The molecule has 0 aromatic carbocycles. The lowest BCUT2D eigenvalue weighted by atomic mass is 10.1. The molecule has 2 atom stereocenters. The molecule has 0 spiro atoms. The maximum absolute atomic E-state index is 3.63. The van der Waals surface area contributed by atoms with Crippen LogP contribution in [0.1, 0.15) is 38.5 Å². The van der Waals surface area contributed by atoms with Gasteiger partial charge in [0.15, 0.2) is 0 Å². The highest BCUT2D eigenvalue weighted by atomic mass is 15.0. The van der Waals surface area contributed by atoms with Crippen molar-refractivity contribution in [2.45, 2.75) is 44.6 Å². The molecule has 2 heteroatoms. The minimum atomic E-state index is 0.882. The first-order valence-electron chi connectivity index (χ1n) is 6.89. The second kappa shape index (κ2) is 4.42. The Morgan fingerprint density at radius 1 is 0.933 bits per heavy atom. The molecular formula is C13H24N2. The van der Waals surface area contributed by atoms with Crippen LogP contribution in [-0.2, 0) is 0 Å². The molecule has 0 saturated heterocycles. The minimum absolute atomic E-state index is 0.882. The number of hydrogen-bond donors (Lipinski definition) is 2. The predicted octanol–water partition coefficient (Wildman–Crippen LogP) is 1.76. The van der Waals surface area contributed by atoms with E-state index in [1.165, 1.54) is 58.2 Å². The highest BCUT2D eigenvalue weighted by molar-refractivity contribution is 5.01. The van der Waals surface area contributed by atoms with Crippen molar-refractivity contribution in [3.8, 4) is 0 Å². The topological polar surface area (TPSA) is 24.1 Å². The van der Waals surface area contributed by atoms with Gasteiger partial charge in [-0.15, -0.1) is 0 Å². The SMILES string of the molecule is C(CNCC1C2CCCC21)CNC1CC1. The van der Waals surface area contributed by atoms with Crippen molar-refractivity contribution in [2.24, 2.45) is 17.8 Å². The Kier molecular flexibility index (Phi) is 2.98. The van der Waals surface area contributed by atoms with Crippen molar-refractivity contribution in [3.63, 3.8) is 0 Å². The first kappa shape index (κ1) is 10.1. The zero-order valence-corrected chi connectivity index (χ0v) is 9.67. The van der Waals surface area contributed by atoms with Crippen LogP contribution in [0, 0.1) is 17.8 Å². The van der Waals surface area contributed by atoms with Crippen LogP contribution < -0.4 is 10.6 Å². The third-order valence-electron chi connectivity index (χ3n) is 4.50. The van der Waals surface area contributed by atoms with E-state index in [9.17, 15) is 0 Å². The molecule has 2 nitrogen and oxygen atoms in total. The molecule has 0 aromatic rings. The molecule has 0 amide bonds. The van der Waals surface area contributed by atoms with Crippen LogP contribution in [0.25, 0.3) is 0 Å². The quantitative estimate of drug-likeness (QED) is 0.623. The molecule has 2 N–H and O–H groups in total. The Labute approximate surface area is 93.2 Å². The lowest BCUT2D eigenvalue weighted by Crippen LogP contribution is -2.25. The van der Waals surface area contributed by atoms with Gasteiger partial charge in [0.25, 0.3) is 0 Å². The summed E-state index contributed by atoms with van der Waals surface area (Å²) in [5, 5.41) is 7.19. The van der Waals surface area contributed by atoms with Crippen molar-refractivity contribution in [2.75, 3.05) is 19.6 Å². The summed E-state index contributed by atoms with van der Waals surface area (Å²) in [5.41, 5.74) is 0. The molecule has 3 aliphatic carbocycles. The Morgan fingerprint density at radius 3 is 2.47 bits per heavy atom. The molecule has 15 heavy (non-hydrogen) atoms. The van der Waals surface area contributed by atoms with Gasteiger partial charge in [0.2, 0.25) is 0 Å². The summed E-state index contributed by atoms with van der Waals surface area (Å²) in [6, 6.07) is 0.882. The fourth-order valence-corrected chi connectivity index (χ4v) is 3.35. The van der Waals surface area contributed by atoms with Crippen LogP contribution in [0.2, 0.25) is 0 Å². The first-order valence-corrected chi connectivity index (χ1v) is 6.89. The average Bonchev–Trinajstić information content (AvgIpc) is 3.13. The summed E-state index contributed by atoms with van der Waals surface area (Å²) in [6.07, 6.45) is 8.70. The van der Waals surface area contributed by atoms with E-state index in [1.54, 1.807) is 0 Å². The average molecular weight is 208 g/mol. The lowest BCUT2D eigenvalue weighted by molar-refractivity contribution is 0.519. The van der Waals surface area contributed by atoms with Crippen molar-refractivity contribution in [1.82, 2.24) is 10.6 Å². The summed E-state index contributed by atoms with van der Waals surface area (Å²) in [4.78, 5) is 0. The van der Waals surface area contributed by atoms with Gasteiger partial charge in [0.1, 0.15) is 0 Å². The molecule has 0 heterocycles. The van der Waals surface area contributed by atoms with Gasteiger partial charge < -0.3 is 10.6 Å². The minimum Gasteiger partial charge on any atom is -0.316 e. The number of nitrogens with one attached hydrogen (secondary N) is 2. The standard InChI is InChI=1S/C13H24N2/c1-3-11-12(4-1)13(11)9-14-7-2-8-15-10-5-6-10/h10-15H,1-9H2. The third kappa shape index (κ3) is 2.54. The molecule has 3 fully saturated rings. The molecular weight excluding hydrogens is 184 g/mol. The van der Waals surface area contributed by atoms with E-state index in [0.717, 1.165) is 23.8 Å². The second-order valence-electron chi connectivity index (χ2n) is 5.71. The summed E-state index contributed by atoms with van der Waals surface area (Å²) in [6.45, 7) is 3.74. The van der Waals surface area contributed by atoms with Crippen LogP contribution in [0.3, 0.4) is 0 Å². The van der Waals surface area contributed by atoms with Crippen LogP contribution in [-0.4, -0.2) is 25.7 Å². The molecule has 3 aliphatic rings. The Bertz CT molecular complexity index is 203. The van der Waals surface area contributed by atoms with Gasteiger partial charge in [0, 0.05) is 6.04 Å². The molecule has 86 valence electrons. The van der Waals surface area contributed by atoms with E-state index in [4.69, 9.17) is 0 Å². The molecule has 0 aromatic heterocycles. The molecule has 3 saturated carbocycles. The Balaban J connectivity index is 1.17. The normalized spacial score (nSPS) is 38.0. The Morgan fingerprint density at radius 2 is 1.73 bits per heavy atom. The molecule has 0 radical (unpaired) electrons. The van der Waals surface area contributed by atoms with E-state index in [2.05, 4.69) is 10.6 Å². The number of hydrogen-bond acceptors (Lipinski definition) is 2. The van der Waals surface area contributed by atoms with Gasteiger partial charge in [-0.2, -0.15) is 0 Å². The van der Waals surface area contributed by atoms with Crippen LogP contribution in [0.5, 0.6) is 0 Å². The van der Waals surface area contributed by atoms with E-state index in [0.29, 0.717) is 0 Å². The zero-order chi connectivity index (χ0) is 10.1. The van der Waals surface area contributed by atoms with Gasteiger partial charge in [0.05, 0.1) is 0 Å². The van der Waals surface area contributed by atoms with Crippen LogP contribution >= 0.6 is 0 Å². The number of rotatable bonds is 7. The monoisotopic (exact) mass is 208 g/mol. The van der Waals surface area contributed by atoms with E-state index < -0.39 is 0 Å².